The summed E-state index contributed by atoms with van der Waals surface area (Å²) in [5, 5.41) is 3.47. The number of carbonyl (C=O) groups is 1. The van der Waals surface area contributed by atoms with Crippen LogP contribution in [0, 0.1) is 0 Å². The number of anilines is 1. The van der Waals surface area contributed by atoms with Crippen molar-refractivity contribution in [3.05, 3.63) is 126 Å². The van der Waals surface area contributed by atoms with Crippen LogP contribution in [-0.2, 0) is 11.3 Å². The van der Waals surface area contributed by atoms with Gasteiger partial charge in [-0.25, -0.2) is 0 Å². The molecule has 0 spiro atoms. The van der Waals surface area contributed by atoms with E-state index in [4.69, 9.17) is 26.8 Å². The van der Waals surface area contributed by atoms with Gasteiger partial charge in [-0.1, -0.05) is 78.3 Å². The molecule has 1 saturated heterocycles. The summed E-state index contributed by atoms with van der Waals surface area (Å²) in [4.78, 5) is 15.7. The Morgan fingerprint density at radius 1 is 0.833 bits per heavy atom. The molecule has 2 unspecified atom stereocenters. The number of carbonyl (C=O) groups excluding carboxylic acids is 1. The third kappa shape index (κ3) is 11.1. The molecule has 1 amide bonds. The van der Waals surface area contributed by atoms with Crippen LogP contribution in [0.4, 0.5) is 23.0 Å². The van der Waals surface area contributed by atoms with Crippen LogP contribution in [0.3, 0.4) is 0 Å². The van der Waals surface area contributed by atoms with Crippen LogP contribution in [0.1, 0.15) is 29.6 Å². The van der Waals surface area contributed by atoms with E-state index in [9.17, 15) is 22.1 Å². The Labute approximate surface area is 318 Å². The number of likely N-dealkylation sites (tertiary alicyclic amines) is 1. The highest BCUT2D eigenvalue weighted by Gasteiger charge is 2.31. The summed E-state index contributed by atoms with van der Waals surface area (Å²) in [6.45, 7) is 3.44. The van der Waals surface area contributed by atoms with Gasteiger partial charge in [0, 0.05) is 55.9 Å². The molecule has 7 nitrogen and oxygen atoms in total. The van der Waals surface area contributed by atoms with Crippen molar-refractivity contribution in [3.63, 3.8) is 0 Å². The zero-order valence-corrected chi connectivity index (χ0v) is 31.0. The molecular formula is C41H44BClF4N4O3. The third-order valence-electron chi connectivity index (χ3n) is 9.34. The number of nitrogens with two attached hydrogens (primary N) is 1. The Kier molecular flexibility index (Phi) is 14.1. The maximum atomic E-state index is 13.2. The summed E-state index contributed by atoms with van der Waals surface area (Å²) in [5.41, 5.74) is 13.9. The lowest BCUT2D eigenvalue weighted by Gasteiger charge is -2.38. The number of ether oxygens (including phenoxy) is 2. The SMILES string of the molecule is COc1cc(N)c(Cl)cc1C(=O)NC1CCN(CCCC[n+]2c(-c3ccccc3)cc(-c3ccccc3)cc2-c2ccccc2)CC1OC.F[B-](F)(F)F. The number of pyridine rings is 1. The highest BCUT2D eigenvalue weighted by Crippen LogP contribution is 2.31. The average Bonchev–Trinajstić information content (AvgIpc) is 3.18. The van der Waals surface area contributed by atoms with Crippen LogP contribution in [0.15, 0.2) is 115 Å². The van der Waals surface area contributed by atoms with E-state index in [2.05, 4.69) is 118 Å². The summed E-state index contributed by atoms with van der Waals surface area (Å²) in [5.74, 6) is 0.141. The molecule has 1 aliphatic rings. The fraction of sp³-hybridized carbons (Fsp3) is 0.268. The monoisotopic (exact) mass is 762 g/mol. The summed E-state index contributed by atoms with van der Waals surface area (Å²) in [6.07, 6.45) is 2.69. The standard InChI is InChI=1S/C41H43ClN4O3.BF4/c1-48-39-27-35(43)34(42)26-33(39)41(47)44-36-20-23-45(28-40(36)49-2)21-12-13-22-46-37(30-16-8-4-9-17-30)24-32(29-14-6-3-7-15-29)25-38(46)31-18-10-5-11-19-31;2-1(3,4)5/h3-11,14-19,24-27,36,40H,12-13,20-23,28H2,1-2H3,(H2-,43,44,47);/q;-1/p+1. The maximum absolute atomic E-state index is 13.2. The lowest BCUT2D eigenvalue weighted by Crippen LogP contribution is -2.55. The smallest absolute Gasteiger partial charge is 0.496 e. The van der Waals surface area contributed by atoms with Crippen LogP contribution >= 0.6 is 11.6 Å². The predicted molar refractivity (Wildman–Crippen MR) is 208 cm³/mol. The molecule has 1 aromatic heterocycles. The molecule has 3 N–H and O–H groups in total. The second-order valence-corrected chi connectivity index (χ2v) is 13.4. The third-order valence-corrected chi connectivity index (χ3v) is 9.67. The van der Waals surface area contributed by atoms with Crippen LogP contribution in [-0.4, -0.2) is 64.1 Å². The van der Waals surface area contributed by atoms with Gasteiger partial charge < -0.3 is 42.7 Å². The van der Waals surface area contributed by atoms with Gasteiger partial charge in [-0.2, -0.15) is 4.57 Å². The van der Waals surface area contributed by atoms with Crippen LogP contribution in [0.2, 0.25) is 5.02 Å². The van der Waals surface area contributed by atoms with E-state index in [1.807, 2.05) is 0 Å². The van der Waals surface area contributed by atoms with Gasteiger partial charge in [-0.15, -0.1) is 0 Å². The predicted octanol–water partition coefficient (Wildman–Crippen LogP) is 8.82. The number of hydrogen-bond acceptors (Lipinski definition) is 5. The number of aromatic nitrogens is 1. The quantitative estimate of drug-likeness (QED) is 0.0437. The topological polar surface area (TPSA) is 80.7 Å². The molecule has 2 heterocycles. The fourth-order valence-corrected chi connectivity index (χ4v) is 6.87. The number of methoxy groups -OCH3 is 2. The van der Waals surface area contributed by atoms with Crippen molar-refractivity contribution >= 4 is 30.4 Å². The first kappa shape index (κ1) is 40.3. The van der Waals surface area contributed by atoms with Gasteiger partial charge in [0.05, 0.1) is 35.5 Å². The van der Waals surface area contributed by atoms with Crippen molar-refractivity contribution in [2.24, 2.45) is 0 Å². The number of hydrogen-bond donors (Lipinski definition) is 2. The molecule has 284 valence electrons. The number of halogens is 5. The van der Waals surface area contributed by atoms with Gasteiger partial charge in [0.2, 0.25) is 11.4 Å². The van der Waals surface area contributed by atoms with Crippen LogP contribution < -0.4 is 20.4 Å². The summed E-state index contributed by atoms with van der Waals surface area (Å²) in [6, 6.07) is 39.6. The molecule has 0 saturated carbocycles. The first-order valence-electron chi connectivity index (χ1n) is 17.8. The first-order valence-corrected chi connectivity index (χ1v) is 18.1. The zero-order valence-electron chi connectivity index (χ0n) is 30.2. The Morgan fingerprint density at radius 2 is 1.37 bits per heavy atom. The van der Waals surface area contributed by atoms with Gasteiger partial charge in [-0.05, 0) is 60.8 Å². The molecule has 4 aromatic carbocycles. The number of piperidine rings is 1. The molecule has 2 atom stereocenters. The molecule has 1 fully saturated rings. The molecule has 6 rings (SSSR count). The fourth-order valence-electron chi connectivity index (χ4n) is 6.71. The number of nitrogens with one attached hydrogen (secondary N) is 1. The lowest BCUT2D eigenvalue weighted by molar-refractivity contribution is -0.675. The normalized spacial score (nSPS) is 15.9. The second kappa shape index (κ2) is 18.9. The minimum absolute atomic E-state index is 0.129. The van der Waals surface area contributed by atoms with E-state index in [0.717, 1.165) is 45.4 Å². The minimum atomic E-state index is -6.00. The number of nitrogen functional groups attached to an aromatic ring is 1. The maximum Gasteiger partial charge on any atom is 0.673 e. The van der Waals surface area contributed by atoms with E-state index >= 15 is 0 Å². The van der Waals surface area contributed by atoms with Gasteiger partial charge in [0.15, 0.2) is 0 Å². The highest BCUT2D eigenvalue weighted by atomic mass is 35.5. The van der Waals surface area contributed by atoms with Crippen molar-refractivity contribution in [1.29, 1.82) is 0 Å². The lowest BCUT2D eigenvalue weighted by atomic mass is 9.98. The Balaban J connectivity index is 0.00000105. The highest BCUT2D eigenvalue weighted by molar-refractivity contribution is 6.50. The number of rotatable bonds is 12. The number of unbranched alkanes of at least 4 members (excludes halogenated alkanes) is 1. The van der Waals surface area contributed by atoms with Crippen molar-refractivity contribution in [2.45, 2.75) is 38.0 Å². The van der Waals surface area contributed by atoms with Crippen LogP contribution in [0.5, 0.6) is 5.75 Å². The number of amides is 1. The molecular weight excluding hydrogens is 719 g/mol. The Bertz CT molecular complexity index is 1910. The largest absolute Gasteiger partial charge is 0.673 e. The Morgan fingerprint density at radius 3 is 1.89 bits per heavy atom. The average molecular weight is 763 g/mol. The van der Waals surface area contributed by atoms with E-state index in [-0.39, 0.29) is 18.1 Å². The van der Waals surface area contributed by atoms with Crippen molar-refractivity contribution in [2.75, 3.05) is 39.6 Å². The van der Waals surface area contributed by atoms with E-state index in [0.29, 0.717) is 22.0 Å². The minimum Gasteiger partial charge on any atom is -0.496 e. The molecule has 0 radical (unpaired) electrons. The second-order valence-electron chi connectivity index (χ2n) is 13.0. The summed E-state index contributed by atoms with van der Waals surface area (Å²) >= 11 is 6.22. The number of benzene rings is 4. The molecule has 1 aliphatic heterocycles. The van der Waals surface area contributed by atoms with Gasteiger partial charge >= 0.3 is 7.25 Å². The Hall–Kier alpha value is -4.91. The molecule has 13 heteroatoms. The van der Waals surface area contributed by atoms with E-state index in [1.54, 1.807) is 19.2 Å². The molecule has 0 aliphatic carbocycles. The van der Waals surface area contributed by atoms with Crippen molar-refractivity contribution < 1.29 is 36.1 Å². The summed E-state index contributed by atoms with van der Waals surface area (Å²) in [7, 11) is -2.78. The molecule has 0 bridgehead atoms. The van der Waals surface area contributed by atoms with Crippen molar-refractivity contribution in [3.8, 4) is 39.4 Å². The zero-order chi connectivity index (χ0) is 38.7. The summed E-state index contributed by atoms with van der Waals surface area (Å²) < 4.78 is 52.8. The van der Waals surface area contributed by atoms with Gasteiger partial charge in [-0.3, -0.25) is 4.79 Å². The number of nitrogens with zero attached hydrogens (tertiary/aromatic N) is 2. The van der Waals surface area contributed by atoms with E-state index < -0.39 is 7.25 Å². The van der Waals surface area contributed by atoms with Gasteiger partial charge in [0.25, 0.3) is 5.91 Å². The van der Waals surface area contributed by atoms with Crippen LogP contribution in [0.25, 0.3) is 33.6 Å². The van der Waals surface area contributed by atoms with E-state index in [1.165, 1.54) is 40.8 Å². The van der Waals surface area contributed by atoms with Gasteiger partial charge in [0.1, 0.15) is 12.3 Å². The first-order chi connectivity index (χ1) is 25.9. The van der Waals surface area contributed by atoms with Crippen molar-refractivity contribution in [1.82, 2.24) is 10.2 Å². The molecule has 5 aromatic rings. The molecule has 54 heavy (non-hydrogen) atoms.